The summed E-state index contributed by atoms with van der Waals surface area (Å²) < 4.78 is 26.5. The van der Waals surface area contributed by atoms with E-state index in [1.807, 2.05) is 32.9 Å². The Morgan fingerprint density at radius 3 is 2.65 bits per heavy atom. The molecule has 43 heavy (non-hydrogen) atoms. The summed E-state index contributed by atoms with van der Waals surface area (Å²) in [5.74, 6) is -0.0288. The highest BCUT2D eigenvalue weighted by Crippen LogP contribution is 2.37. The van der Waals surface area contributed by atoms with Crippen molar-refractivity contribution in [2.75, 3.05) is 23.3 Å². The SMILES string of the molecule is Cc1cc([C@@H](C)Nc2ccc(Cl)nc2-c2cc(F)c3c(c2)C=NOB3O)c2oc(N3CCC(C)(C)CC3)c(C)c(=O)c2c1. The molecule has 0 spiro atoms. The Morgan fingerprint density at radius 2 is 1.91 bits per heavy atom. The minimum atomic E-state index is -1.49. The number of anilines is 2. The number of oxime groups is 1. The van der Waals surface area contributed by atoms with Crippen LogP contribution >= 0.6 is 11.6 Å². The molecule has 0 unspecified atom stereocenters. The van der Waals surface area contributed by atoms with Gasteiger partial charge in [0.1, 0.15) is 16.6 Å². The van der Waals surface area contributed by atoms with E-state index in [9.17, 15) is 9.82 Å². The molecule has 0 radical (unpaired) electrons. The Kier molecular flexibility index (Phi) is 7.46. The number of rotatable bonds is 5. The summed E-state index contributed by atoms with van der Waals surface area (Å²) in [6.45, 7) is 11.9. The molecule has 4 heterocycles. The van der Waals surface area contributed by atoms with Gasteiger partial charge in [-0.25, -0.2) is 9.37 Å². The monoisotopic (exact) mass is 602 g/mol. The van der Waals surface area contributed by atoms with Gasteiger partial charge in [0.25, 0.3) is 0 Å². The standard InChI is InChI=1S/C32H33BClFN4O4/c1-17-12-22(30-23(13-17)29(40)18(2)31(42-30)39-10-8-32(4,5)9-11-39)19(3)37-25-6-7-26(34)38-28(25)20-14-21-16-36-43-33(41)27(21)24(35)15-20/h6-7,12-16,19,37,41H,8-11H2,1-5H3/t19-/m1/s1. The molecular weight excluding hydrogens is 570 g/mol. The van der Waals surface area contributed by atoms with E-state index in [1.165, 1.54) is 12.3 Å². The van der Waals surface area contributed by atoms with Crippen LogP contribution in [0.1, 0.15) is 61.9 Å². The van der Waals surface area contributed by atoms with Gasteiger partial charge in [0, 0.05) is 35.2 Å². The third kappa shape index (κ3) is 5.50. The van der Waals surface area contributed by atoms with Crippen LogP contribution in [-0.4, -0.2) is 36.4 Å². The average Bonchev–Trinajstić information content (AvgIpc) is 2.95. The fourth-order valence-corrected chi connectivity index (χ4v) is 6.07. The number of nitrogens with one attached hydrogen (secondary N) is 1. The van der Waals surface area contributed by atoms with E-state index in [-0.39, 0.29) is 27.5 Å². The molecule has 0 bridgehead atoms. The average molecular weight is 603 g/mol. The second kappa shape index (κ2) is 11.0. The van der Waals surface area contributed by atoms with Gasteiger partial charge < -0.3 is 24.4 Å². The van der Waals surface area contributed by atoms with E-state index in [2.05, 4.69) is 34.2 Å². The van der Waals surface area contributed by atoms with E-state index in [0.717, 1.165) is 37.1 Å². The van der Waals surface area contributed by atoms with Gasteiger partial charge in [-0.1, -0.05) is 31.5 Å². The van der Waals surface area contributed by atoms with Gasteiger partial charge >= 0.3 is 7.12 Å². The van der Waals surface area contributed by atoms with Crippen LogP contribution in [0.15, 0.2) is 50.8 Å². The maximum Gasteiger partial charge on any atom is 0.586 e. The lowest BCUT2D eigenvalue weighted by Gasteiger charge is -2.37. The first kappa shape index (κ1) is 29.2. The second-order valence-corrected chi connectivity index (χ2v) is 12.7. The van der Waals surface area contributed by atoms with Crippen LogP contribution in [0.4, 0.5) is 16.0 Å². The minimum absolute atomic E-state index is 0.00767. The summed E-state index contributed by atoms with van der Waals surface area (Å²) in [5.41, 5.74) is 4.97. The van der Waals surface area contributed by atoms with Gasteiger partial charge in [-0.15, -0.1) is 5.16 Å². The molecule has 6 rings (SSSR count). The van der Waals surface area contributed by atoms with Crippen molar-refractivity contribution in [2.45, 2.75) is 53.5 Å². The molecule has 2 N–H and O–H groups in total. The fourth-order valence-electron chi connectivity index (χ4n) is 5.92. The van der Waals surface area contributed by atoms with Gasteiger partial charge in [-0.05, 0) is 74.9 Å². The fraction of sp³-hybridized carbons (Fsp3) is 0.344. The van der Waals surface area contributed by atoms with E-state index in [4.69, 9.17) is 20.8 Å². The summed E-state index contributed by atoms with van der Waals surface area (Å²) >= 11 is 6.29. The number of hydrogen-bond donors (Lipinski definition) is 2. The normalized spacial score (nSPS) is 16.7. The zero-order chi connectivity index (χ0) is 30.6. The molecule has 222 valence electrons. The first-order valence-electron chi connectivity index (χ1n) is 14.4. The van der Waals surface area contributed by atoms with Crippen molar-refractivity contribution in [1.29, 1.82) is 0 Å². The Morgan fingerprint density at radius 1 is 1.16 bits per heavy atom. The van der Waals surface area contributed by atoms with E-state index < -0.39 is 12.9 Å². The molecule has 1 saturated heterocycles. The summed E-state index contributed by atoms with van der Waals surface area (Å²) in [6, 6.07) is 9.96. The quantitative estimate of drug-likeness (QED) is 0.210. The van der Waals surface area contributed by atoms with Crippen molar-refractivity contribution in [3.05, 3.63) is 79.8 Å². The number of fused-ring (bicyclic) bond motifs is 2. The van der Waals surface area contributed by atoms with E-state index in [1.54, 1.807) is 18.2 Å². The number of aromatic nitrogens is 1. The lowest BCUT2D eigenvalue weighted by Crippen LogP contribution is -2.40. The highest BCUT2D eigenvalue weighted by molar-refractivity contribution is 6.62. The van der Waals surface area contributed by atoms with Gasteiger partial charge in [0.2, 0.25) is 5.88 Å². The summed E-state index contributed by atoms with van der Waals surface area (Å²) in [6.07, 6.45) is 3.37. The van der Waals surface area contributed by atoms with Gasteiger partial charge in [-0.3, -0.25) is 4.79 Å². The van der Waals surface area contributed by atoms with Crippen LogP contribution < -0.4 is 21.1 Å². The molecule has 2 aliphatic rings. The minimum Gasteiger partial charge on any atom is -0.440 e. The van der Waals surface area contributed by atoms with Crippen molar-refractivity contribution >= 4 is 52.9 Å². The number of halogens is 2. The Balaban J connectivity index is 1.41. The summed E-state index contributed by atoms with van der Waals surface area (Å²) in [7, 11) is -1.49. The zero-order valence-corrected chi connectivity index (χ0v) is 25.6. The van der Waals surface area contributed by atoms with Crippen LogP contribution in [0.2, 0.25) is 5.15 Å². The summed E-state index contributed by atoms with van der Waals surface area (Å²) in [4.78, 5) is 20.3. The smallest absolute Gasteiger partial charge is 0.440 e. The molecular formula is C32H33BClFN4O4. The Bertz CT molecular complexity index is 1830. The maximum absolute atomic E-state index is 15.1. The first-order valence-corrected chi connectivity index (χ1v) is 14.8. The molecule has 2 aromatic carbocycles. The predicted octanol–water partition coefficient (Wildman–Crippen LogP) is 6.12. The van der Waals surface area contributed by atoms with E-state index in [0.29, 0.717) is 44.9 Å². The number of pyridine rings is 1. The maximum atomic E-state index is 15.1. The molecule has 0 aliphatic carbocycles. The molecule has 1 fully saturated rings. The first-order chi connectivity index (χ1) is 20.4. The van der Waals surface area contributed by atoms with Gasteiger partial charge in [0.05, 0.1) is 34.6 Å². The lowest BCUT2D eigenvalue weighted by molar-refractivity contribution is 0.274. The van der Waals surface area contributed by atoms with Crippen molar-refractivity contribution in [3.63, 3.8) is 0 Å². The predicted molar refractivity (Wildman–Crippen MR) is 170 cm³/mol. The number of nitrogens with zero attached hydrogens (tertiary/aromatic N) is 3. The molecule has 0 amide bonds. The largest absolute Gasteiger partial charge is 0.586 e. The van der Waals surface area contributed by atoms with Crippen molar-refractivity contribution in [1.82, 2.24) is 4.98 Å². The van der Waals surface area contributed by atoms with Crippen molar-refractivity contribution in [2.24, 2.45) is 10.6 Å². The summed E-state index contributed by atoms with van der Waals surface area (Å²) in [5, 5.41) is 18.0. The van der Waals surface area contributed by atoms with Gasteiger partial charge in [0.15, 0.2) is 5.43 Å². The number of piperidine rings is 1. The zero-order valence-electron chi connectivity index (χ0n) is 24.8. The Labute approximate surface area is 254 Å². The van der Waals surface area contributed by atoms with Crippen molar-refractivity contribution in [3.8, 4) is 11.3 Å². The number of hydrogen-bond acceptors (Lipinski definition) is 8. The number of benzene rings is 2. The van der Waals surface area contributed by atoms with E-state index >= 15 is 4.39 Å². The second-order valence-electron chi connectivity index (χ2n) is 12.3. The van der Waals surface area contributed by atoms with Crippen molar-refractivity contribution < 1.29 is 18.6 Å². The molecule has 11 heteroatoms. The number of aryl methyl sites for hydroxylation is 1. The topological polar surface area (TPSA) is 100 Å². The molecule has 0 saturated carbocycles. The highest BCUT2D eigenvalue weighted by Gasteiger charge is 2.31. The van der Waals surface area contributed by atoms with Crippen LogP contribution in [0.25, 0.3) is 22.2 Å². The third-order valence-corrected chi connectivity index (χ3v) is 8.72. The van der Waals surface area contributed by atoms with Crippen LogP contribution in [-0.2, 0) is 4.76 Å². The third-order valence-electron chi connectivity index (χ3n) is 8.51. The molecule has 2 aromatic heterocycles. The van der Waals surface area contributed by atoms with Gasteiger partial charge in [-0.2, -0.15) is 0 Å². The van der Waals surface area contributed by atoms with Crippen LogP contribution in [0.5, 0.6) is 0 Å². The molecule has 2 aliphatic heterocycles. The molecule has 8 nitrogen and oxygen atoms in total. The lowest BCUT2D eigenvalue weighted by atomic mass is 9.75. The molecule has 4 aromatic rings. The highest BCUT2D eigenvalue weighted by atomic mass is 35.5. The Hall–Kier alpha value is -3.89. The molecule has 1 atom stereocenters. The van der Waals surface area contributed by atoms with Crippen LogP contribution in [0.3, 0.4) is 0 Å². The van der Waals surface area contributed by atoms with Crippen LogP contribution in [0, 0.1) is 25.1 Å².